The molecule has 0 atom stereocenters. The number of sulfone groups is 1. The molecule has 0 aliphatic rings. The van der Waals surface area contributed by atoms with E-state index in [2.05, 4.69) is 4.99 Å². The van der Waals surface area contributed by atoms with Crippen LogP contribution in [0.5, 0.6) is 5.75 Å². The van der Waals surface area contributed by atoms with Crippen LogP contribution in [-0.2, 0) is 21.2 Å². The molecule has 166 valence electrons. The van der Waals surface area contributed by atoms with Crippen molar-refractivity contribution >= 4 is 60.7 Å². The van der Waals surface area contributed by atoms with Gasteiger partial charge in [-0.05, 0) is 49.1 Å². The number of hydrogen-bond donors (Lipinski definition) is 0. The second-order valence-electron chi connectivity index (χ2n) is 6.74. The Hall–Kier alpha value is -1.81. The van der Waals surface area contributed by atoms with Gasteiger partial charge in [0.05, 0.1) is 28.0 Å². The molecule has 0 bridgehead atoms. The number of halogens is 1. The molecule has 1 aromatic heterocycles. The van der Waals surface area contributed by atoms with Gasteiger partial charge in [0.25, 0.3) is 0 Å². The highest BCUT2D eigenvalue weighted by Gasteiger charge is 2.15. The van der Waals surface area contributed by atoms with Gasteiger partial charge in [0.1, 0.15) is 5.75 Å². The van der Waals surface area contributed by atoms with Crippen LogP contribution in [0.1, 0.15) is 12.8 Å². The van der Waals surface area contributed by atoms with Crippen molar-refractivity contribution in [3.8, 4) is 5.75 Å². The van der Waals surface area contributed by atoms with Crippen LogP contribution in [0.15, 0.2) is 52.4 Å². The van der Waals surface area contributed by atoms with E-state index in [0.717, 1.165) is 21.7 Å². The maximum absolute atomic E-state index is 12.5. The Morgan fingerprint density at radius 3 is 2.65 bits per heavy atom. The van der Waals surface area contributed by atoms with E-state index < -0.39 is 9.84 Å². The van der Waals surface area contributed by atoms with Gasteiger partial charge in [0, 0.05) is 29.8 Å². The third-order valence-electron chi connectivity index (χ3n) is 4.60. The molecular formula is C21H23ClN2O4S3. The zero-order chi connectivity index (χ0) is 22.4. The summed E-state index contributed by atoms with van der Waals surface area (Å²) in [6.07, 6.45) is 2.29. The quantitative estimate of drug-likeness (QED) is 0.436. The molecule has 6 nitrogen and oxygen atoms in total. The van der Waals surface area contributed by atoms with Crippen molar-refractivity contribution in [3.05, 3.63) is 52.3 Å². The molecular weight excluding hydrogens is 476 g/mol. The largest absolute Gasteiger partial charge is 0.497 e. The number of ether oxygens (including phenoxy) is 1. The third-order valence-corrected chi connectivity index (χ3v) is 8.32. The Morgan fingerprint density at radius 1 is 1.23 bits per heavy atom. The summed E-state index contributed by atoms with van der Waals surface area (Å²) < 4.78 is 33.2. The van der Waals surface area contributed by atoms with Crippen LogP contribution in [-0.4, -0.2) is 43.8 Å². The average Bonchev–Trinajstić information content (AvgIpc) is 3.08. The molecule has 0 N–H and O–H groups in total. The SMILES string of the molecule is COc1ccc2sc(=NC(=O)CCCS(=O)(=O)c3ccc(Cl)cc3)n(CCSC)c2c1. The Morgan fingerprint density at radius 2 is 1.97 bits per heavy atom. The summed E-state index contributed by atoms with van der Waals surface area (Å²) in [5.41, 5.74) is 0.968. The fourth-order valence-corrected chi connectivity index (χ4v) is 5.85. The van der Waals surface area contributed by atoms with E-state index in [1.165, 1.54) is 23.5 Å². The lowest BCUT2D eigenvalue weighted by atomic mass is 10.3. The first kappa shape index (κ1) is 23.8. The minimum absolute atomic E-state index is 0.0624. The first-order chi connectivity index (χ1) is 14.8. The minimum atomic E-state index is -3.47. The van der Waals surface area contributed by atoms with Crippen LogP contribution in [0.4, 0.5) is 0 Å². The summed E-state index contributed by atoms with van der Waals surface area (Å²) in [4.78, 5) is 17.6. The highest BCUT2D eigenvalue weighted by molar-refractivity contribution is 7.98. The molecule has 0 spiro atoms. The molecule has 3 aromatic rings. The van der Waals surface area contributed by atoms with Crippen molar-refractivity contribution in [2.24, 2.45) is 4.99 Å². The fraction of sp³-hybridized carbons (Fsp3) is 0.333. The molecule has 0 unspecified atom stereocenters. The summed E-state index contributed by atoms with van der Waals surface area (Å²) in [5.74, 6) is 1.17. The predicted octanol–water partition coefficient (Wildman–Crippen LogP) is 4.41. The molecule has 2 aromatic carbocycles. The van der Waals surface area contributed by atoms with Crippen molar-refractivity contribution in [3.63, 3.8) is 0 Å². The van der Waals surface area contributed by atoms with Gasteiger partial charge in [-0.15, -0.1) is 0 Å². The highest BCUT2D eigenvalue weighted by Crippen LogP contribution is 2.23. The van der Waals surface area contributed by atoms with Crippen LogP contribution in [0, 0.1) is 0 Å². The normalized spacial score (nSPS) is 12.4. The van der Waals surface area contributed by atoms with Crippen LogP contribution in [0.3, 0.4) is 0 Å². The summed E-state index contributed by atoms with van der Waals surface area (Å²) in [6, 6.07) is 11.8. The zero-order valence-electron chi connectivity index (χ0n) is 17.2. The van der Waals surface area contributed by atoms with E-state index in [-0.39, 0.29) is 29.4 Å². The van der Waals surface area contributed by atoms with Gasteiger partial charge in [0.2, 0.25) is 5.91 Å². The molecule has 10 heteroatoms. The number of hydrogen-bond acceptors (Lipinski definition) is 6. The maximum Gasteiger partial charge on any atom is 0.248 e. The number of thiazole rings is 1. The van der Waals surface area contributed by atoms with E-state index in [1.54, 1.807) is 31.0 Å². The first-order valence-corrected chi connectivity index (χ1v) is 13.8. The van der Waals surface area contributed by atoms with Crippen molar-refractivity contribution in [2.45, 2.75) is 24.3 Å². The molecule has 3 rings (SSSR count). The topological polar surface area (TPSA) is 77.7 Å². The van der Waals surface area contributed by atoms with Crippen LogP contribution < -0.4 is 9.54 Å². The number of amides is 1. The summed E-state index contributed by atoms with van der Waals surface area (Å²) in [5, 5.41) is 0.476. The maximum atomic E-state index is 12.5. The van der Waals surface area contributed by atoms with Crippen molar-refractivity contribution in [1.29, 1.82) is 0 Å². The lowest BCUT2D eigenvalue weighted by Crippen LogP contribution is -2.18. The van der Waals surface area contributed by atoms with Crippen LogP contribution >= 0.6 is 34.7 Å². The molecule has 0 saturated carbocycles. The number of carbonyl (C=O) groups excluding carboxylic acids is 1. The number of aromatic nitrogens is 1. The minimum Gasteiger partial charge on any atom is -0.497 e. The van der Waals surface area contributed by atoms with E-state index in [1.807, 2.05) is 29.0 Å². The van der Waals surface area contributed by atoms with E-state index >= 15 is 0 Å². The second-order valence-corrected chi connectivity index (χ2v) is 11.3. The molecule has 31 heavy (non-hydrogen) atoms. The lowest BCUT2D eigenvalue weighted by Gasteiger charge is -2.05. The van der Waals surface area contributed by atoms with Gasteiger partial charge in [-0.25, -0.2) is 8.42 Å². The number of thioether (sulfide) groups is 1. The van der Waals surface area contributed by atoms with Gasteiger partial charge in [-0.2, -0.15) is 16.8 Å². The first-order valence-electron chi connectivity index (χ1n) is 9.56. The fourth-order valence-electron chi connectivity index (χ4n) is 3.00. The number of rotatable bonds is 9. The molecule has 1 amide bonds. The summed E-state index contributed by atoms with van der Waals surface area (Å²) >= 11 is 8.97. The van der Waals surface area contributed by atoms with Crippen LogP contribution in [0.2, 0.25) is 5.02 Å². The van der Waals surface area contributed by atoms with Gasteiger partial charge in [-0.3, -0.25) is 4.79 Å². The second kappa shape index (κ2) is 10.7. The van der Waals surface area contributed by atoms with Crippen molar-refractivity contribution in [2.75, 3.05) is 24.9 Å². The zero-order valence-corrected chi connectivity index (χ0v) is 20.4. The summed E-state index contributed by atoms with van der Waals surface area (Å²) in [6.45, 7) is 0.714. The van der Waals surface area contributed by atoms with Crippen molar-refractivity contribution in [1.82, 2.24) is 4.57 Å². The Bertz CT molecular complexity index is 1230. The lowest BCUT2D eigenvalue weighted by molar-refractivity contribution is -0.118. The van der Waals surface area contributed by atoms with Gasteiger partial charge in [0.15, 0.2) is 14.6 Å². The Kier molecular flexibility index (Phi) is 8.21. The van der Waals surface area contributed by atoms with Gasteiger partial charge in [-0.1, -0.05) is 22.9 Å². The van der Waals surface area contributed by atoms with Crippen LogP contribution in [0.25, 0.3) is 10.2 Å². The number of methoxy groups -OCH3 is 1. The van der Waals surface area contributed by atoms with Gasteiger partial charge >= 0.3 is 0 Å². The Balaban J connectivity index is 1.76. The molecule has 0 aliphatic carbocycles. The van der Waals surface area contributed by atoms with Crippen molar-refractivity contribution < 1.29 is 17.9 Å². The number of nitrogens with zero attached hydrogens (tertiary/aromatic N) is 2. The number of fused-ring (bicyclic) bond motifs is 1. The molecule has 1 heterocycles. The molecule has 0 radical (unpaired) electrons. The number of benzene rings is 2. The number of aryl methyl sites for hydroxylation is 1. The standard InChI is InChI=1S/C21H23ClN2O4S3/c1-28-16-7-10-19-18(14-16)24(11-12-29-2)21(30-19)23-20(25)4-3-13-31(26,27)17-8-5-15(22)6-9-17/h5-10,14H,3-4,11-13H2,1-2H3. The van der Waals surface area contributed by atoms with E-state index in [4.69, 9.17) is 16.3 Å². The smallest absolute Gasteiger partial charge is 0.248 e. The predicted molar refractivity (Wildman–Crippen MR) is 128 cm³/mol. The third kappa shape index (κ3) is 6.12. The van der Waals surface area contributed by atoms with Gasteiger partial charge < -0.3 is 9.30 Å². The van der Waals surface area contributed by atoms with E-state index in [0.29, 0.717) is 16.4 Å². The van der Waals surface area contributed by atoms with E-state index in [9.17, 15) is 13.2 Å². The number of carbonyl (C=O) groups is 1. The Labute approximate surface area is 194 Å². The highest BCUT2D eigenvalue weighted by atomic mass is 35.5. The molecule has 0 aliphatic heterocycles. The average molecular weight is 499 g/mol. The monoisotopic (exact) mass is 498 g/mol. The summed E-state index contributed by atoms with van der Waals surface area (Å²) in [7, 11) is -1.85. The molecule has 0 saturated heterocycles. The molecule has 0 fully saturated rings.